The predicted molar refractivity (Wildman–Crippen MR) is 101 cm³/mol. The van der Waals surface area contributed by atoms with Gasteiger partial charge in [-0.25, -0.2) is 0 Å². The quantitative estimate of drug-likeness (QED) is 0.754. The van der Waals surface area contributed by atoms with Crippen LogP contribution in [0, 0.1) is 0 Å². The van der Waals surface area contributed by atoms with Gasteiger partial charge in [0.15, 0.2) is 12.4 Å². The van der Waals surface area contributed by atoms with E-state index in [9.17, 15) is 9.59 Å². The molecule has 0 bridgehead atoms. The number of rotatable bonds is 5. The molecule has 6 heteroatoms. The summed E-state index contributed by atoms with van der Waals surface area (Å²) in [6, 6.07) is 18.0. The van der Waals surface area contributed by atoms with Crippen LogP contribution >= 0.6 is 0 Å². The minimum Gasteiger partial charge on any atom is -0.484 e. The Hall–Kier alpha value is -3.54. The first kappa shape index (κ1) is 16.9. The molecule has 6 nitrogen and oxygen atoms in total. The molecule has 0 fully saturated rings. The lowest BCUT2D eigenvalue weighted by atomic mass is 10.2. The van der Waals surface area contributed by atoms with Crippen molar-refractivity contribution >= 4 is 23.2 Å². The van der Waals surface area contributed by atoms with Gasteiger partial charge in [-0.3, -0.25) is 9.59 Å². The van der Waals surface area contributed by atoms with Crippen LogP contribution in [0.3, 0.4) is 0 Å². The van der Waals surface area contributed by atoms with E-state index >= 15 is 0 Å². The third-order valence-corrected chi connectivity index (χ3v) is 4.41. The first-order valence-corrected chi connectivity index (χ1v) is 8.67. The molecule has 0 saturated carbocycles. The Morgan fingerprint density at radius 1 is 1.04 bits per heavy atom. The fourth-order valence-corrected chi connectivity index (χ4v) is 3.06. The summed E-state index contributed by atoms with van der Waals surface area (Å²) in [5.74, 6) is 0.408. The van der Waals surface area contributed by atoms with Gasteiger partial charge in [-0.15, -0.1) is 0 Å². The smallest absolute Gasteiger partial charge is 0.291 e. The maximum absolute atomic E-state index is 12.5. The van der Waals surface area contributed by atoms with Gasteiger partial charge in [0.25, 0.3) is 11.8 Å². The van der Waals surface area contributed by atoms with E-state index in [4.69, 9.17) is 9.15 Å². The van der Waals surface area contributed by atoms with Crippen molar-refractivity contribution in [3.8, 4) is 5.75 Å². The summed E-state index contributed by atoms with van der Waals surface area (Å²) in [4.78, 5) is 26.2. The van der Waals surface area contributed by atoms with Crippen LogP contribution in [-0.2, 0) is 11.2 Å². The molecule has 0 atom stereocenters. The summed E-state index contributed by atoms with van der Waals surface area (Å²) in [7, 11) is 0. The second kappa shape index (κ2) is 7.37. The number of carbonyl (C=O) groups excluding carboxylic acids is 2. The number of nitrogens with one attached hydrogen (secondary N) is 1. The Bertz CT molecular complexity index is 949. The zero-order chi connectivity index (χ0) is 18.6. The minimum atomic E-state index is -0.323. The third kappa shape index (κ3) is 3.69. The summed E-state index contributed by atoms with van der Waals surface area (Å²) in [5, 5.41) is 2.73. The Morgan fingerprint density at radius 2 is 1.85 bits per heavy atom. The van der Waals surface area contributed by atoms with Crippen LogP contribution in [-0.4, -0.2) is 25.0 Å². The second-order valence-electron chi connectivity index (χ2n) is 6.17. The molecule has 0 unspecified atom stereocenters. The molecule has 3 aromatic rings. The van der Waals surface area contributed by atoms with E-state index in [2.05, 4.69) is 5.32 Å². The van der Waals surface area contributed by atoms with Crippen molar-refractivity contribution < 1.29 is 18.7 Å². The largest absolute Gasteiger partial charge is 0.484 e. The number of fused-ring (bicyclic) bond motifs is 1. The van der Waals surface area contributed by atoms with Crippen molar-refractivity contribution in [2.75, 3.05) is 23.4 Å². The number of anilines is 2. The van der Waals surface area contributed by atoms with Gasteiger partial charge in [0.05, 0.1) is 6.26 Å². The summed E-state index contributed by atoms with van der Waals surface area (Å²) in [5.41, 5.74) is 2.76. The van der Waals surface area contributed by atoms with E-state index in [0.717, 1.165) is 12.1 Å². The zero-order valence-electron chi connectivity index (χ0n) is 14.6. The summed E-state index contributed by atoms with van der Waals surface area (Å²) >= 11 is 0. The highest BCUT2D eigenvalue weighted by molar-refractivity contribution is 6.02. The van der Waals surface area contributed by atoms with Crippen molar-refractivity contribution in [1.82, 2.24) is 0 Å². The maximum Gasteiger partial charge on any atom is 0.291 e. The number of hydrogen-bond donors (Lipinski definition) is 1. The highest BCUT2D eigenvalue weighted by Gasteiger charge is 2.24. The molecule has 1 aliphatic heterocycles. The molecule has 2 amide bonds. The van der Waals surface area contributed by atoms with Crippen LogP contribution in [0.25, 0.3) is 0 Å². The average molecular weight is 362 g/mol. The Kier molecular flexibility index (Phi) is 4.61. The van der Waals surface area contributed by atoms with Gasteiger partial charge >= 0.3 is 0 Å². The normalized spacial score (nSPS) is 12.5. The van der Waals surface area contributed by atoms with Gasteiger partial charge in [-0.1, -0.05) is 18.2 Å². The highest BCUT2D eigenvalue weighted by atomic mass is 16.5. The maximum atomic E-state index is 12.5. The van der Waals surface area contributed by atoms with Crippen LogP contribution in [0.15, 0.2) is 71.3 Å². The van der Waals surface area contributed by atoms with Gasteiger partial charge in [-0.05, 0) is 54.4 Å². The minimum absolute atomic E-state index is 0.0353. The molecule has 2 heterocycles. The monoisotopic (exact) mass is 362 g/mol. The van der Waals surface area contributed by atoms with Crippen LogP contribution in [0.5, 0.6) is 5.75 Å². The predicted octanol–water partition coefficient (Wildman–Crippen LogP) is 3.50. The van der Waals surface area contributed by atoms with Crippen molar-refractivity contribution in [3.63, 3.8) is 0 Å². The first-order valence-electron chi connectivity index (χ1n) is 8.67. The van der Waals surface area contributed by atoms with Crippen LogP contribution < -0.4 is 15.0 Å². The number of ether oxygens (including phenoxy) is 1. The van der Waals surface area contributed by atoms with E-state index in [0.29, 0.717) is 18.0 Å². The lowest BCUT2D eigenvalue weighted by Crippen LogP contribution is -2.33. The fraction of sp³-hybridized carbons (Fsp3) is 0.143. The molecular weight excluding hydrogens is 344 g/mol. The van der Waals surface area contributed by atoms with Gasteiger partial charge in [0.1, 0.15) is 5.75 Å². The van der Waals surface area contributed by atoms with E-state index in [-0.39, 0.29) is 24.2 Å². The molecule has 1 aliphatic rings. The van der Waals surface area contributed by atoms with E-state index in [1.54, 1.807) is 41.3 Å². The Morgan fingerprint density at radius 3 is 2.63 bits per heavy atom. The number of amides is 2. The molecule has 1 aromatic heterocycles. The summed E-state index contributed by atoms with van der Waals surface area (Å²) in [6.07, 6.45) is 2.31. The number of hydrogen-bond acceptors (Lipinski definition) is 4. The molecule has 0 spiro atoms. The van der Waals surface area contributed by atoms with Crippen molar-refractivity contribution in [1.29, 1.82) is 0 Å². The van der Waals surface area contributed by atoms with Gasteiger partial charge in [-0.2, -0.15) is 0 Å². The molecule has 4 rings (SSSR count). The molecular formula is C21H18N2O4. The molecule has 1 N–H and O–H groups in total. The second-order valence-corrected chi connectivity index (χ2v) is 6.17. The third-order valence-electron chi connectivity index (χ3n) is 4.41. The van der Waals surface area contributed by atoms with Gasteiger partial charge in [0.2, 0.25) is 0 Å². The SMILES string of the molecule is O=C(Nc1ccc(OCC(=O)N2CCc3ccccc32)cc1)c1ccco1. The Balaban J connectivity index is 1.33. The van der Waals surface area contributed by atoms with Gasteiger partial charge in [0, 0.05) is 17.9 Å². The molecule has 0 radical (unpaired) electrons. The van der Waals surface area contributed by atoms with E-state index < -0.39 is 0 Å². The number of benzene rings is 2. The molecule has 0 aliphatic carbocycles. The molecule has 0 saturated heterocycles. The average Bonchev–Trinajstić information content (AvgIpc) is 3.37. The van der Waals surface area contributed by atoms with Crippen LogP contribution in [0.2, 0.25) is 0 Å². The number of carbonyl (C=O) groups is 2. The van der Waals surface area contributed by atoms with Crippen LogP contribution in [0.1, 0.15) is 16.1 Å². The Labute approximate surface area is 156 Å². The van der Waals surface area contributed by atoms with Crippen LogP contribution in [0.4, 0.5) is 11.4 Å². The standard InChI is InChI=1S/C21H18N2O4/c24-20(23-12-11-15-4-1-2-5-18(15)23)14-27-17-9-7-16(8-10-17)22-21(25)19-6-3-13-26-19/h1-10,13H,11-12,14H2,(H,22,25). The summed E-state index contributed by atoms with van der Waals surface area (Å²) in [6.45, 7) is 0.645. The molecule has 136 valence electrons. The number of para-hydroxylation sites is 1. The van der Waals surface area contributed by atoms with Gasteiger partial charge < -0.3 is 19.4 Å². The molecule has 27 heavy (non-hydrogen) atoms. The van der Waals surface area contributed by atoms with E-state index in [1.807, 2.05) is 24.3 Å². The number of furan rings is 1. The van der Waals surface area contributed by atoms with Crippen molar-refractivity contribution in [3.05, 3.63) is 78.3 Å². The topological polar surface area (TPSA) is 71.8 Å². The lowest BCUT2D eigenvalue weighted by Gasteiger charge is -2.17. The van der Waals surface area contributed by atoms with Crippen molar-refractivity contribution in [2.24, 2.45) is 0 Å². The zero-order valence-corrected chi connectivity index (χ0v) is 14.6. The van der Waals surface area contributed by atoms with E-state index in [1.165, 1.54) is 11.8 Å². The fourth-order valence-electron chi connectivity index (χ4n) is 3.06. The lowest BCUT2D eigenvalue weighted by molar-refractivity contribution is -0.120. The van der Waals surface area contributed by atoms with Crippen molar-refractivity contribution in [2.45, 2.75) is 6.42 Å². The highest BCUT2D eigenvalue weighted by Crippen LogP contribution is 2.27. The first-order chi connectivity index (χ1) is 13.2. The summed E-state index contributed by atoms with van der Waals surface area (Å²) < 4.78 is 10.7. The number of nitrogens with zero attached hydrogens (tertiary/aromatic N) is 1. The molecule has 2 aromatic carbocycles.